The molecule has 1 amide bonds. The molecule has 0 bridgehead atoms. The fourth-order valence-corrected chi connectivity index (χ4v) is 4.77. The Hall–Kier alpha value is -4.34. The molecule has 0 spiro atoms. The first-order valence-electron chi connectivity index (χ1n) is 11.1. The molecule has 3 aromatic rings. The number of nitrogens with zero attached hydrogens (tertiary/aromatic N) is 4. The quantitative estimate of drug-likeness (QED) is 0.459. The van der Waals surface area contributed by atoms with Crippen LogP contribution in [0, 0.1) is 0 Å². The molecular weight excluding hydrogens is 452 g/mol. The van der Waals surface area contributed by atoms with E-state index < -0.39 is 29.1 Å². The maximum Gasteiger partial charge on any atom is 0.411 e. The average molecular weight is 476 g/mol. The first-order valence-corrected chi connectivity index (χ1v) is 11.1. The van der Waals surface area contributed by atoms with E-state index in [0.717, 1.165) is 15.0 Å². The van der Waals surface area contributed by atoms with Gasteiger partial charge in [-0.3, -0.25) is 9.69 Å². The zero-order valence-corrected chi connectivity index (χ0v) is 19.7. The Kier molecular flexibility index (Phi) is 4.87. The molecular formula is C25H24N4O6. The molecule has 0 saturated carbocycles. The first kappa shape index (κ1) is 22.5. The lowest BCUT2D eigenvalue weighted by Crippen LogP contribution is -2.46. The topological polar surface area (TPSA) is 116 Å². The van der Waals surface area contributed by atoms with Crippen LogP contribution in [-0.4, -0.2) is 43.6 Å². The molecule has 3 heterocycles. The normalized spacial score (nSPS) is 17.4. The molecule has 10 heteroatoms. The second-order valence-corrected chi connectivity index (χ2v) is 9.17. The van der Waals surface area contributed by atoms with Gasteiger partial charge in [0.05, 0.1) is 17.9 Å². The van der Waals surface area contributed by atoms with E-state index in [1.165, 1.54) is 23.3 Å². The van der Waals surface area contributed by atoms with Crippen LogP contribution in [0.5, 0.6) is 5.75 Å². The average Bonchev–Trinajstić information content (AvgIpc) is 3.07. The summed E-state index contributed by atoms with van der Waals surface area (Å²) in [7, 11) is 1.43. The molecule has 180 valence electrons. The summed E-state index contributed by atoms with van der Waals surface area (Å²) >= 11 is 0. The molecule has 2 aliphatic rings. The van der Waals surface area contributed by atoms with E-state index in [2.05, 4.69) is 0 Å². The molecule has 1 aromatic heterocycles. The largest absolute Gasteiger partial charge is 0.483 e. The van der Waals surface area contributed by atoms with Gasteiger partial charge in [-0.1, -0.05) is 12.1 Å². The van der Waals surface area contributed by atoms with E-state index in [1.54, 1.807) is 42.5 Å². The number of ether oxygens (including phenoxy) is 1. The van der Waals surface area contributed by atoms with E-state index in [4.69, 9.17) is 4.74 Å². The van der Waals surface area contributed by atoms with Crippen molar-refractivity contribution in [2.75, 3.05) is 11.9 Å². The number of fused-ring (bicyclic) bond motifs is 5. The summed E-state index contributed by atoms with van der Waals surface area (Å²) in [6, 6.07) is 10.7. The van der Waals surface area contributed by atoms with Gasteiger partial charge in [0.1, 0.15) is 17.4 Å². The lowest BCUT2D eigenvalue weighted by Gasteiger charge is -2.42. The molecule has 0 fully saturated rings. The van der Waals surface area contributed by atoms with Crippen molar-refractivity contribution < 1.29 is 19.4 Å². The maximum absolute atomic E-state index is 13.7. The third-order valence-electron chi connectivity index (χ3n) is 6.64. The number of benzene rings is 2. The van der Waals surface area contributed by atoms with Gasteiger partial charge >= 0.3 is 17.5 Å². The Morgan fingerprint density at radius 1 is 1.09 bits per heavy atom. The SMILES string of the molecule is CC(=O)c1ccc(-n2c(=O)n3n(c2=O)C2C(=CC3)C(C)(C)Oc3cc(N(C)C(=O)O)ccc32)cc1. The summed E-state index contributed by atoms with van der Waals surface area (Å²) in [4.78, 5) is 51.1. The number of rotatable bonds is 3. The molecule has 0 saturated heterocycles. The standard InChI is InChI=1S/C25H24N4O6/c1-14(30)15-5-7-16(8-6-15)28-22(31)27-12-11-19-21(29(27)23(28)32)18-10-9-17(26(4)24(33)34)13-20(18)35-25(19,2)3/h5-11,13,21H,12H2,1-4H3,(H,33,34). The molecule has 0 aliphatic carbocycles. The van der Waals surface area contributed by atoms with Crippen molar-refractivity contribution in [1.82, 2.24) is 13.9 Å². The predicted octanol–water partition coefficient (Wildman–Crippen LogP) is 2.82. The van der Waals surface area contributed by atoms with Gasteiger partial charge in [-0.05, 0) is 56.7 Å². The molecule has 35 heavy (non-hydrogen) atoms. The summed E-state index contributed by atoms with van der Waals surface area (Å²) in [6.45, 7) is 5.39. The Labute approximate surface area is 199 Å². The Bertz CT molecular complexity index is 1540. The van der Waals surface area contributed by atoms with Gasteiger partial charge in [0.2, 0.25) is 0 Å². The smallest absolute Gasteiger partial charge is 0.411 e. The van der Waals surface area contributed by atoms with E-state index >= 15 is 0 Å². The third-order valence-corrected chi connectivity index (χ3v) is 6.64. The highest BCUT2D eigenvalue weighted by molar-refractivity contribution is 5.94. The molecule has 1 unspecified atom stereocenters. The van der Waals surface area contributed by atoms with Crippen LogP contribution in [0.2, 0.25) is 0 Å². The van der Waals surface area contributed by atoms with Crippen molar-refractivity contribution in [2.24, 2.45) is 0 Å². The van der Waals surface area contributed by atoms with Crippen LogP contribution in [0.15, 0.2) is 63.7 Å². The zero-order chi connectivity index (χ0) is 25.2. The monoisotopic (exact) mass is 476 g/mol. The Balaban J connectivity index is 1.70. The van der Waals surface area contributed by atoms with Crippen LogP contribution >= 0.6 is 0 Å². The highest BCUT2D eigenvalue weighted by Crippen LogP contribution is 2.47. The fraction of sp³-hybridized carbons (Fsp3) is 0.280. The number of carbonyl (C=O) groups excluding carboxylic acids is 1. The van der Waals surface area contributed by atoms with Gasteiger partial charge in [0.25, 0.3) is 0 Å². The van der Waals surface area contributed by atoms with E-state index in [-0.39, 0.29) is 12.3 Å². The molecule has 1 N–H and O–H groups in total. The van der Waals surface area contributed by atoms with Crippen molar-refractivity contribution in [3.8, 4) is 11.4 Å². The van der Waals surface area contributed by atoms with E-state index in [9.17, 15) is 24.3 Å². The van der Waals surface area contributed by atoms with Crippen LogP contribution in [0.1, 0.15) is 42.7 Å². The van der Waals surface area contributed by atoms with Gasteiger partial charge in [0, 0.05) is 24.2 Å². The van der Waals surface area contributed by atoms with Crippen molar-refractivity contribution in [2.45, 2.75) is 39.0 Å². The number of hydrogen-bond donors (Lipinski definition) is 1. The lowest BCUT2D eigenvalue weighted by atomic mass is 9.83. The number of carbonyl (C=O) groups is 2. The molecule has 10 nitrogen and oxygen atoms in total. The number of carboxylic acid groups (broad SMARTS) is 1. The highest BCUT2D eigenvalue weighted by atomic mass is 16.5. The number of Topliss-reactive ketones (excluding diaryl/α,β-unsaturated/α-hetero) is 1. The summed E-state index contributed by atoms with van der Waals surface area (Å²) in [6.07, 6.45) is 0.783. The number of ketones is 1. The van der Waals surface area contributed by atoms with Gasteiger partial charge in [-0.25, -0.2) is 28.3 Å². The van der Waals surface area contributed by atoms with Crippen molar-refractivity contribution >= 4 is 17.6 Å². The minimum Gasteiger partial charge on any atom is -0.483 e. The van der Waals surface area contributed by atoms with Crippen molar-refractivity contribution in [3.63, 3.8) is 0 Å². The molecule has 1 atom stereocenters. The van der Waals surface area contributed by atoms with Crippen LogP contribution in [-0.2, 0) is 6.54 Å². The van der Waals surface area contributed by atoms with Gasteiger partial charge < -0.3 is 9.84 Å². The molecule has 2 aromatic carbocycles. The van der Waals surface area contributed by atoms with Crippen molar-refractivity contribution in [1.29, 1.82) is 0 Å². The summed E-state index contributed by atoms with van der Waals surface area (Å²) in [5, 5.41) is 9.36. The second kappa shape index (κ2) is 7.59. The van der Waals surface area contributed by atoms with E-state index in [1.807, 2.05) is 19.9 Å². The fourth-order valence-electron chi connectivity index (χ4n) is 4.77. The Morgan fingerprint density at radius 3 is 2.40 bits per heavy atom. The minimum absolute atomic E-state index is 0.111. The van der Waals surface area contributed by atoms with Crippen LogP contribution < -0.4 is 21.0 Å². The van der Waals surface area contributed by atoms with Crippen LogP contribution in [0.3, 0.4) is 0 Å². The third kappa shape index (κ3) is 3.32. The Morgan fingerprint density at radius 2 is 1.77 bits per heavy atom. The predicted molar refractivity (Wildman–Crippen MR) is 128 cm³/mol. The zero-order valence-electron chi connectivity index (χ0n) is 19.7. The first-order chi connectivity index (χ1) is 16.5. The maximum atomic E-state index is 13.7. The number of allylic oxidation sites excluding steroid dienone is 1. The van der Waals surface area contributed by atoms with Gasteiger partial charge in [-0.15, -0.1) is 0 Å². The molecule has 2 aliphatic heterocycles. The van der Waals surface area contributed by atoms with E-state index in [0.29, 0.717) is 28.3 Å². The van der Waals surface area contributed by atoms with Crippen LogP contribution in [0.4, 0.5) is 10.5 Å². The van der Waals surface area contributed by atoms with Gasteiger partial charge in [-0.2, -0.15) is 0 Å². The number of aromatic nitrogens is 3. The van der Waals surface area contributed by atoms with Crippen LogP contribution in [0.25, 0.3) is 5.69 Å². The number of amides is 1. The lowest BCUT2D eigenvalue weighted by molar-refractivity contribution is 0.101. The number of anilines is 1. The minimum atomic E-state index is -1.11. The summed E-state index contributed by atoms with van der Waals surface area (Å²) in [5.41, 5.74) is 0.939. The summed E-state index contributed by atoms with van der Waals surface area (Å²) in [5.74, 6) is 0.328. The molecule has 5 rings (SSSR count). The van der Waals surface area contributed by atoms with Gasteiger partial charge in [0.15, 0.2) is 5.78 Å². The summed E-state index contributed by atoms with van der Waals surface area (Å²) < 4.78 is 10.2. The highest BCUT2D eigenvalue weighted by Gasteiger charge is 2.44. The van der Waals surface area contributed by atoms with Crippen molar-refractivity contribution in [3.05, 3.63) is 86.2 Å². The molecule has 0 radical (unpaired) electrons. The number of hydrogen-bond acceptors (Lipinski definition) is 5. The second-order valence-electron chi connectivity index (χ2n) is 9.17.